The molecule has 0 fully saturated rings. The SMILES string of the molecule is c1ccc(-c2ccc(-n3c4ccccc4c4ccc(-c5ccc(-n6c7ccccc7c7ccc8c(c9ccccc9n8-c8ccccc8)c76)cc5)cc43)cc2)cc1. The second-order valence-electron chi connectivity index (χ2n) is 14.9. The minimum atomic E-state index is 1.14. The third-order valence-corrected chi connectivity index (χ3v) is 11.8. The van der Waals surface area contributed by atoms with Gasteiger partial charge in [-0.2, -0.15) is 0 Å². The van der Waals surface area contributed by atoms with E-state index in [1.165, 1.54) is 87.7 Å². The molecule has 0 atom stereocenters. The second kappa shape index (κ2) is 12.5. The van der Waals surface area contributed by atoms with E-state index in [0.29, 0.717) is 0 Å². The third kappa shape index (κ3) is 4.79. The second-order valence-corrected chi connectivity index (χ2v) is 14.9. The van der Waals surface area contributed by atoms with E-state index in [2.05, 4.69) is 226 Å². The molecule has 12 rings (SSSR count). The maximum absolute atomic E-state index is 2.47. The minimum absolute atomic E-state index is 1.14. The normalized spacial score (nSPS) is 11.9. The van der Waals surface area contributed by atoms with Crippen LogP contribution in [0.1, 0.15) is 0 Å². The number of benzene rings is 9. The van der Waals surface area contributed by atoms with Crippen molar-refractivity contribution in [1.82, 2.24) is 13.7 Å². The fraction of sp³-hybridized carbons (Fsp3) is 0. The van der Waals surface area contributed by atoms with Gasteiger partial charge in [0.15, 0.2) is 0 Å². The van der Waals surface area contributed by atoms with E-state index in [1.54, 1.807) is 0 Å². The number of hydrogen-bond acceptors (Lipinski definition) is 0. The standard InChI is InChI=1S/C54H35N3/c1-3-13-36(14-4-1)37-23-28-41(29-24-37)56-48-20-10-7-17-43(48)45-32-27-39(35-52(45)56)38-25-30-42(31-26-38)57-49-21-11-8-18-44(49)46-33-34-51-53(54(46)57)47-19-9-12-22-50(47)55(51)40-15-5-2-6-16-40/h1-35H. The summed E-state index contributed by atoms with van der Waals surface area (Å²) >= 11 is 0. The topological polar surface area (TPSA) is 14.8 Å². The number of aromatic nitrogens is 3. The number of nitrogens with zero attached hydrogens (tertiary/aromatic N) is 3. The highest BCUT2D eigenvalue weighted by Crippen LogP contribution is 2.42. The van der Waals surface area contributed by atoms with Gasteiger partial charge in [-0.05, 0) is 89.0 Å². The van der Waals surface area contributed by atoms with Crippen LogP contribution in [-0.4, -0.2) is 13.7 Å². The molecule has 0 radical (unpaired) electrons. The summed E-state index contributed by atoms with van der Waals surface area (Å²) in [6.07, 6.45) is 0. The highest BCUT2D eigenvalue weighted by molar-refractivity contribution is 6.26. The van der Waals surface area contributed by atoms with Crippen molar-refractivity contribution in [3.63, 3.8) is 0 Å². The Morgan fingerprint density at radius 1 is 0.228 bits per heavy atom. The highest BCUT2D eigenvalue weighted by atomic mass is 15.0. The van der Waals surface area contributed by atoms with Gasteiger partial charge in [0.05, 0.1) is 33.1 Å². The summed E-state index contributed by atoms with van der Waals surface area (Å²) in [6, 6.07) is 77.3. The van der Waals surface area contributed by atoms with Crippen molar-refractivity contribution in [2.75, 3.05) is 0 Å². The molecule has 0 aliphatic heterocycles. The van der Waals surface area contributed by atoms with Crippen LogP contribution in [0.5, 0.6) is 0 Å². The van der Waals surface area contributed by atoms with Crippen molar-refractivity contribution >= 4 is 65.4 Å². The first-order chi connectivity index (χ1) is 28.3. The van der Waals surface area contributed by atoms with E-state index in [4.69, 9.17) is 0 Å². The first-order valence-electron chi connectivity index (χ1n) is 19.6. The molecule has 9 aromatic carbocycles. The molecule has 57 heavy (non-hydrogen) atoms. The summed E-state index contributed by atoms with van der Waals surface area (Å²) in [7, 11) is 0. The van der Waals surface area contributed by atoms with Crippen LogP contribution in [0.2, 0.25) is 0 Å². The lowest BCUT2D eigenvalue weighted by atomic mass is 10.0. The van der Waals surface area contributed by atoms with Gasteiger partial charge in [-0.1, -0.05) is 146 Å². The first kappa shape index (κ1) is 31.7. The zero-order valence-electron chi connectivity index (χ0n) is 31.0. The van der Waals surface area contributed by atoms with Gasteiger partial charge in [0.25, 0.3) is 0 Å². The fourth-order valence-electron chi connectivity index (χ4n) is 9.30. The van der Waals surface area contributed by atoms with E-state index in [1.807, 2.05) is 0 Å². The van der Waals surface area contributed by atoms with Crippen molar-refractivity contribution in [3.8, 4) is 39.3 Å². The third-order valence-electron chi connectivity index (χ3n) is 11.8. The van der Waals surface area contributed by atoms with Crippen LogP contribution in [0.25, 0.3) is 105 Å². The summed E-state index contributed by atoms with van der Waals surface area (Å²) < 4.78 is 7.29. The van der Waals surface area contributed by atoms with Crippen LogP contribution >= 0.6 is 0 Å². The van der Waals surface area contributed by atoms with Crippen molar-refractivity contribution in [2.45, 2.75) is 0 Å². The van der Waals surface area contributed by atoms with E-state index in [9.17, 15) is 0 Å². The summed E-state index contributed by atoms with van der Waals surface area (Å²) in [4.78, 5) is 0. The number of rotatable bonds is 5. The highest BCUT2D eigenvalue weighted by Gasteiger charge is 2.21. The monoisotopic (exact) mass is 725 g/mol. The molecule has 12 aromatic rings. The van der Waals surface area contributed by atoms with Gasteiger partial charge in [0, 0.05) is 49.4 Å². The van der Waals surface area contributed by atoms with Crippen molar-refractivity contribution in [1.29, 1.82) is 0 Å². The van der Waals surface area contributed by atoms with Crippen LogP contribution in [-0.2, 0) is 0 Å². The molecule has 3 nitrogen and oxygen atoms in total. The maximum Gasteiger partial charge on any atom is 0.0641 e. The van der Waals surface area contributed by atoms with Gasteiger partial charge in [-0.15, -0.1) is 0 Å². The van der Waals surface area contributed by atoms with Crippen LogP contribution in [0.15, 0.2) is 212 Å². The number of hydrogen-bond donors (Lipinski definition) is 0. The maximum atomic E-state index is 2.47. The molecule has 0 spiro atoms. The fourth-order valence-corrected chi connectivity index (χ4v) is 9.30. The van der Waals surface area contributed by atoms with Crippen LogP contribution in [0.4, 0.5) is 0 Å². The molecule has 3 aromatic heterocycles. The van der Waals surface area contributed by atoms with Gasteiger partial charge in [-0.3, -0.25) is 0 Å². The smallest absolute Gasteiger partial charge is 0.0641 e. The zero-order chi connectivity index (χ0) is 37.5. The van der Waals surface area contributed by atoms with Crippen LogP contribution in [0, 0.1) is 0 Å². The molecular formula is C54H35N3. The van der Waals surface area contributed by atoms with Crippen molar-refractivity contribution < 1.29 is 0 Å². The molecule has 0 amide bonds. The Labute approximate surface area is 329 Å². The Morgan fingerprint density at radius 3 is 1.33 bits per heavy atom. The van der Waals surface area contributed by atoms with E-state index >= 15 is 0 Å². The quantitative estimate of drug-likeness (QED) is 0.168. The average Bonchev–Trinajstić information content (AvgIpc) is 3.92. The number of para-hydroxylation sites is 4. The lowest BCUT2D eigenvalue weighted by molar-refractivity contribution is 1.17. The van der Waals surface area contributed by atoms with E-state index in [-0.39, 0.29) is 0 Å². The summed E-state index contributed by atoms with van der Waals surface area (Å²) in [5.74, 6) is 0. The molecule has 266 valence electrons. The molecular weight excluding hydrogens is 691 g/mol. The summed E-state index contributed by atoms with van der Waals surface area (Å²) in [5.41, 5.74) is 15.5. The van der Waals surface area contributed by atoms with Crippen molar-refractivity contribution in [2.24, 2.45) is 0 Å². The van der Waals surface area contributed by atoms with E-state index < -0.39 is 0 Å². The Kier molecular flexibility index (Phi) is 6.93. The molecule has 3 heteroatoms. The molecule has 0 unspecified atom stereocenters. The predicted octanol–water partition coefficient (Wildman–Crippen LogP) is 14.3. The van der Waals surface area contributed by atoms with Gasteiger partial charge in [-0.25, -0.2) is 0 Å². The minimum Gasteiger partial charge on any atom is -0.309 e. The van der Waals surface area contributed by atoms with Gasteiger partial charge >= 0.3 is 0 Å². The first-order valence-corrected chi connectivity index (χ1v) is 19.6. The van der Waals surface area contributed by atoms with E-state index in [0.717, 1.165) is 17.1 Å². The molecule has 0 aliphatic rings. The molecule has 0 saturated carbocycles. The molecule has 0 saturated heterocycles. The zero-order valence-corrected chi connectivity index (χ0v) is 31.0. The lowest BCUT2D eigenvalue weighted by Crippen LogP contribution is -1.95. The number of fused-ring (bicyclic) bond motifs is 10. The summed E-state index contributed by atoms with van der Waals surface area (Å²) in [5, 5.41) is 7.54. The Bertz CT molecular complexity index is 3470. The van der Waals surface area contributed by atoms with Crippen LogP contribution in [0.3, 0.4) is 0 Å². The van der Waals surface area contributed by atoms with Crippen molar-refractivity contribution in [3.05, 3.63) is 212 Å². The van der Waals surface area contributed by atoms with Gasteiger partial charge in [0.1, 0.15) is 0 Å². The predicted molar refractivity (Wildman–Crippen MR) is 240 cm³/mol. The molecule has 0 aliphatic carbocycles. The Balaban J connectivity index is 1.02. The van der Waals surface area contributed by atoms with Crippen LogP contribution < -0.4 is 0 Å². The largest absolute Gasteiger partial charge is 0.309 e. The molecule has 0 N–H and O–H groups in total. The summed E-state index contributed by atoms with van der Waals surface area (Å²) in [6.45, 7) is 0. The Hall–Kier alpha value is -7.62. The molecule has 3 heterocycles. The Morgan fingerprint density at radius 2 is 0.649 bits per heavy atom. The molecule has 0 bridgehead atoms. The lowest BCUT2D eigenvalue weighted by Gasteiger charge is -2.12. The van der Waals surface area contributed by atoms with Gasteiger partial charge in [0.2, 0.25) is 0 Å². The average molecular weight is 726 g/mol. The van der Waals surface area contributed by atoms with Gasteiger partial charge < -0.3 is 13.7 Å².